The highest BCUT2D eigenvalue weighted by Gasteiger charge is 2.07. The molecule has 0 aliphatic heterocycles. The van der Waals surface area contributed by atoms with Gasteiger partial charge in [0.05, 0.1) is 6.10 Å². The van der Waals surface area contributed by atoms with Crippen molar-refractivity contribution in [2.24, 2.45) is 0 Å². The van der Waals surface area contributed by atoms with Gasteiger partial charge in [0.1, 0.15) is 11.4 Å². The molecule has 1 unspecified atom stereocenters. The number of rotatable bonds is 1. The Labute approximate surface area is 78.2 Å². The zero-order valence-electron chi connectivity index (χ0n) is 5.95. The summed E-state index contributed by atoms with van der Waals surface area (Å²) in [6.07, 6.45) is 0.884. The number of pyridine rings is 1. The highest BCUT2D eigenvalue weighted by molar-refractivity contribution is 14.1. The first-order chi connectivity index (χ1) is 5.11. The highest BCUT2D eigenvalue weighted by Crippen LogP contribution is 2.22. The smallest absolute Gasteiger partial charge is 0.140 e. The normalized spacial score (nSPS) is 13.0. The Bertz CT molecular complexity index is 263. The molecule has 1 atom stereocenters. The van der Waals surface area contributed by atoms with Crippen LogP contribution in [0, 0.1) is 3.57 Å². The van der Waals surface area contributed by atoms with Crippen molar-refractivity contribution in [3.8, 4) is 5.75 Å². The van der Waals surface area contributed by atoms with Crippen molar-refractivity contribution >= 4 is 22.6 Å². The zero-order valence-corrected chi connectivity index (χ0v) is 8.11. The molecule has 0 aliphatic rings. The van der Waals surface area contributed by atoms with Gasteiger partial charge in [-0.25, -0.2) is 0 Å². The molecule has 0 fully saturated rings. The molecular formula is C7H8INO2. The topological polar surface area (TPSA) is 53.4 Å². The first kappa shape index (κ1) is 8.73. The summed E-state index contributed by atoms with van der Waals surface area (Å²) in [5, 5.41) is 18.3. The zero-order chi connectivity index (χ0) is 8.43. The van der Waals surface area contributed by atoms with Gasteiger partial charge in [0, 0.05) is 9.77 Å². The Morgan fingerprint density at radius 1 is 1.64 bits per heavy atom. The molecule has 2 N–H and O–H groups in total. The second-order valence-electron chi connectivity index (χ2n) is 2.23. The Morgan fingerprint density at radius 2 is 2.27 bits per heavy atom. The Balaban J connectivity index is 3.09. The lowest BCUT2D eigenvalue weighted by Crippen LogP contribution is -1.95. The number of halogens is 1. The number of aliphatic hydroxyl groups is 1. The summed E-state index contributed by atoms with van der Waals surface area (Å²) in [6, 6.07) is 1.57. The maximum atomic E-state index is 9.23. The predicted octanol–water partition coefficient (Wildman–Crippen LogP) is 1.45. The van der Waals surface area contributed by atoms with Crippen molar-refractivity contribution in [3.05, 3.63) is 21.5 Å². The van der Waals surface area contributed by atoms with Gasteiger partial charge in [0.15, 0.2) is 0 Å². The van der Waals surface area contributed by atoms with Gasteiger partial charge in [0.25, 0.3) is 0 Å². The van der Waals surface area contributed by atoms with E-state index < -0.39 is 6.10 Å². The summed E-state index contributed by atoms with van der Waals surface area (Å²) in [5.41, 5.74) is 0.324. The maximum absolute atomic E-state index is 9.23. The third-order valence-corrected chi connectivity index (χ3v) is 1.85. The SMILES string of the molecule is CC(O)c1ncc(I)cc1O. The van der Waals surface area contributed by atoms with Crippen LogP contribution < -0.4 is 0 Å². The second kappa shape index (κ2) is 3.36. The van der Waals surface area contributed by atoms with Crippen LogP contribution in [0.15, 0.2) is 12.3 Å². The monoisotopic (exact) mass is 265 g/mol. The van der Waals surface area contributed by atoms with Gasteiger partial charge >= 0.3 is 0 Å². The number of aliphatic hydroxyl groups excluding tert-OH is 1. The van der Waals surface area contributed by atoms with E-state index >= 15 is 0 Å². The van der Waals surface area contributed by atoms with Gasteiger partial charge in [-0.1, -0.05) is 0 Å². The van der Waals surface area contributed by atoms with E-state index in [2.05, 4.69) is 4.98 Å². The molecule has 1 aromatic heterocycles. The van der Waals surface area contributed by atoms with Crippen LogP contribution in [0.3, 0.4) is 0 Å². The van der Waals surface area contributed by atoms with Crippen molar-refractivity contribution < 1.29 is 10.2 Å². The molecule has 0 radical (unpaired) electrons. The first-order valence-electron chi connectivity index (χ1n) is 3.13. The summed E-state index contributed by atoms with van der Waals surface area (Å²) < 4.78 is 0.851. The fourth-order valence-corrected chi connectivity index (χ4v) is 1.20. The fourth-order valence-electron chi connectivity index (χ4n) is 0.761. The number of hydrogen-bond donors (Lipinski definition) is 2. The molecule has 1 heterocycles. The van der Waals surface area contributed by atoms with Gasteiger partial charge < -0.3 is 10.2 Å². The molecule has 4 heteroatoms. The lowest BCUT2D eigenvalue weighted by atomic mass is 10.2. The molecule has 1 aromatic rings. The molecule has 3 nitrogen and oxygen atoms in total. The van der Waals surface area contributed by atoms with Crippen molar-refractivity contribution in [3.63, 3.8) is 0 Å². The van der Waals surface area contributed by atoms with E-state index in [1.807, 2.05) is 22.6 Å². The molecule has 0 aromatic carbocycles. The van der Waals surface area contributed by atoms with Crippen molar-refractivity contribution in [1.29, 1.82) is 0 Å². The minimum Gasteiger partial charge on any atom is -0.506 e. The number of nitrogens with zero attached hydrogens (tertiary/aromatic N) is 1. The third kappa shape index (κ3) is 2.03. The molecule has 0 saturated heterocycles. The van der Waals surface area contributed by atoms with E-state index in [0.29, 0.717) is 5.69 Å². The van der Waals surface area contributed by atoms with Gasteiger partial charge in [-0.3, -0.25) is 4.98 Å². The minimum absolute atomic E-state index is 0.0481. The summed E-state index contributed by atoms with van der Waals surface area (Å²) in [4.78, 5) is 3.87. The molecule has 0 spiro atoms. The first-order valence-corrected chi connectivity index (χ1v) is 4.21. The van der Waals surface area contributed by atoms with Crippen LogP contribution in [-0.2, 0) is 0 Å². The van der Waals surface area contributed by atoms with Gasteiger partial charge in [-0.2, -0.15) is 0 Å². The minimum atomic E-state index is -0.716. The second-order valence-corrected chi connectivity index (χ2v) is 3.48. The lowest BCUT2D eigenvalue weighted by Gasteiger charge is -2.05. The van der Waals surface area contributed by atoms with Gasteiger partial charge in [-0.05, 0) is 35.6 Å². The Hall–Kier alpha value is -0.360. The molecule has 0 saturated carbocycles. The Morgan fingerprint density at radius 3 is 2.73 bits per heavy atom. The van der Waals surface area contributed by atoms with Crippen LogP contribution in [0.2, 0.25) is 0 Å². The van der Waals surface area contributed by atoms with Crippen molar-refractivity contribution in [2.75, 3.05) is 0 Å². The van der Waals surface area contributed by atoms with E-state index in [1.54, 1.807) is 19.2 Å². The van der Waals surface area contributed by atoms with Gasteiger partial charge in [0.2, 0.25) is 0 Å². The average Bonchev–Trinajstić information content (AvgIpc) is 1.85. The summed E-state index contributed by atoms with van der Waals surface area (Å²) in [7, 11) is 0. The van der Waals surface area contributed by atoms with Crippen LogP contribution >= 0.6 is 22.6 Å². The van der Waals surface area contributed by atoms with Crippen LogP contribution in [0.25, 0.3) is 0 Å². The molecule has 1 rings (SSSR count). The molecular weight excluding hydrogens is 257 g/mol. The lowest BCUT2D eigenvalue weighted by molar-refractivity contribution is 0.189. The standard InChI is InChI=1S/C7H8INO2/c1-4(10)7-6(11)2-5(8)3-9-7/h2-4,10-11H,1H3. The average molecular weight is 265 g/mol. The van der Waals surface area contributed by atoms with E-state index in [0.717, 1.165) is 3.57 Å². The fraction of sp³-hybridized carbons (Fsp3) is 0.286. The maximum Gasteiger partial charge on any atom is 0.140 e. The number of aromatic hydroxyl groups is 1. The quantitative estimate of drug-likeness (QED) is 0.755. The Kier molecular flexibility index (Phi) is 2.67. The highest BCUT2D eigenvalue weighted by atomic mass is 127. The molecule has 60 valence electrons. The summed E-state index contributed by atoms with van der Waals surface area (Å²) in [6.45, 7) is 1.56. The van der Waals surface area contributed by atoms with Crippen LogP contribution in [0.1, 0.15) is 18.7 Å². The van der Waals surface area contributed by atoms with Gasteiger partial charge in [-0.15, -0.1) is 0 Å². The molecule has 0 aliphatic carbocycles. The van der Waals surface area contributed by atoms with E-state index in [1.165, 1.54) is 0 Å². The molecule has 0 bridgehead atoms. The summed E-state index contributed by atoms with van der Waals surface area (Å²) >= 11 is 2.04. The summed E-state index contributed by atoms with van der Waals surface area (Å²) in [5.74, 6) is 0.0481. The number of hydrogen-bond acceptors (Lipinski definition) is 3. The number of aromatic nitrogens is 1. The van der Waals surface area contributed by atoms with Crippen LogP contribution in [0.4, 0.5) is 0 Å². The van der Waals surface area contributed by atoms with Crippen molar-refractivity contribution in [2.45, 2.75) is 13.0 Å². The predicted molar refractivity (Wildman–Crippen MR) is 49.3 cm³/mol. The van der Waals surface area contributed by atoms with Crippen LogP contribution in [0.5, 0.6) is 5.75 Å². The largest absolute Gasteiger partial charge is 0.506 e. The van der Waals surface area contributed by atoms with E-state index in [9.17, 15) is 5.11 Å². The van der Waals surface area contributed by atoms with Crippen molar-refractivity contribution in [1.82, 2.24) is 4.98 Å². The molecule has 0 amide bonds. The molecule has 11 heavy (non-hydrogen) atoms. The van der Waals surface area contributed by atoms with E-state index in [-0.39, 0.29) is 5.75 Å². The van der Waals surface area contributed by atoms with E-state index in [4.69, 9.17) is 5.11 Å². The van der Waals surface area contributed by atoms with Crippen LogP contribution in [-0.4, -0.2) is 15.2 Å². The third-order valence-electron chi connectivity index (χ3n) is 1.26.